The Kier molecular flexibility index (Phi) is 3.58. The molecule has 0 aliphatic carbocycles. The van der Waals surface area contributed by atoms with E-state index in [0.29, 0.717) is 6.54 Å². The number of nitrogens with zero attached hydrogens (tertiary/aromatic N) is 1. The molecule has 1 aromatic heterocycles. The summed E-state index contributed by atoms with van der Waals surface area (Å²) in [6.45, 7) is 2.34. The van der Waals surface area contributed by atoms with Crippen LogP contribution in [0.3, 0.4) is 0 Å². The molecule has 76 valence electrons. The maximum Gasteiger partial charge on any atom is 0.227 e. The number of aromatic nitrogens is 2. The number of rotatable bonds is 4. The van der Waals surface area contributed by atoms with Crippen molar-refractivity contribution in [1.29, 1.82) is 0 Å². The van der Waals surface area contributed by atoms with Gasteiger partial charge in [0.25, 0.3) is 0 Å². The van der Waals surface area contributed by atoms with E-state index in [1.165, 1.54) is 0 Å². The monoisotopic (exact) mass is 212 g/mol. The first-order chi connectivity index (χ1) is 6.59. The van der Waals surface area contributed by atoms with Gasteiger partial charge in [0.05, 0.1) is 17.6 Å². The summed E-state index contributed by atoms with van der Waals surface area (Å²) in [7, 11) is 0. The Hall–Kier alpha value is -1.43. The van der Waals surface area contributed by atoms with Gasteiger partial charge in [0.2, 0.25) is 5.91 Å². The third-order valence-electron chi connectivity index (χ3n) is 1.75. The van der Waals surface area contributed by atoms with Crippen molar-refractivity contribution in [1.82, 2.24) is 15.5 Å². The minimum atomic E-state index is -0.168. The van der Waals surface area contributed by atoms with Gasteiger partial charge in [-0.3, -0.25) is 9.89 Å². The second kappa shape index (κ2) is 4.71. The van der Waals surface area contributed by atoms with E-state index in [1.54, 1.807) is 6.20 Å². The number of thiocarbonyl (C=S) groups is 1. The molecule has 1 heterocycles. The van der Waals surface area contributed by atoms with Crippen molar-refractivity contribution < 1.29 is 4.79 Å². The van der Waals surface area contributed by atoms with Gasteiger partial charge in [-0.25, -0.2) is 0 Å². The smallest absolute Gasteiger partial charge is 0.227 e. The van der Waals surface area contributed by atoms with Crippen LogP contribution in [0.25, 0.3) is 0 Å². The molecule has 0 saturated heterocycles. The maximum atomic E-state index is 11.2. The number of hydrogen-bond acceptors (Lipinski definition) is 3. The number of nitrogens with one attached hydrogen (secondary N) is 2. The van der Waals surface area contributed by atoms with Crippen LogP contribution in [0.1, 0.15) is 17.7 Å². The lowest BCUT2D eigenvalue weighted by molar-refractivity contribution is -0.120. The summed E-state index contributed by atoms with van der Waals surface area (Å²) in [4.78, 5) is 11.4. The van der Waals surface area contributed by atoms with Gasteiger partial charge < -0.3 is 11.1 Å². The van der Waals surface area contributed by atoms with Crippen LogP contribution in [-0.2, 0) is 11.3 Å². The predicted octanol–water partition coefficient (Wildman–Crippen LogP) is 0.0105. The minimum absolute atomic E-state index is 0.0895. The second-order valence-corrected chi connectivity index (χ2v) is 3.46. The van der Waals surface area contributed by atoms with Crippen LogP contribution < -0.4 is 11.1 Å². The first-order valence-electron chi connectivity index (χ1n) is 4.13. The van der Waals surface area contributed by atoms with Gasteiger partial charge in [-0.2, -0.15) is 5.10 Å². The molecule has 1 rings (SSSR count). The molecule has 0 atom stereocenters. The van der Waals surface area contributed by atoms with E-state index >= 15 is 0 Å². The molecule has 14 heavy (non-hydrogen) atoms. The molecule has 0 fully saturated rings. The molecule has 6 heteroatoms. The number of aromatic amines is 1. The molecular formula is C8H12N4OS. The fourth-order valence-electron chi connectivity index (χ4n) is 0.968. The van der Waals surface area contributed by atoms with Crippen LogP contribution in [0.15, 0.2) is 6.20 Å². The first kappa shape index (κ1) is 10.6. The molecule has 0 aromatic carbocycles. The van der Waals surface area contributed by atoms with Crippen LogP contribution >= 0.6 is 12.2 Å². The van der Waals surface area contributed by atoms with Crippen LogP contribution in [0.2, 0.25) is 0 Å². The fourth-order valence-corrected chi connectivity index (χ4v) is 1.10. The van der Waals surface area contributed by atoms with Gasteiger partial charge in [-0.05, 0) is 6.92 Å². The van der Waals surface area contributed by atoms with Gasteiger partial charge >= 0.3 is 0 Å². The molecule has 0 aliphatic heterocycles. The fraction of sp³-hybridized carbons (Fsp3) is 0.375. The lowest BCUT2D eigenvalue weighted by Gasteiger charge is -2.02. The lowest BCUT2D eigenvalue weighted by Crippen LogP contribution is -2.27. The molecule has 5 nitrogen and oxygen atoms in total. The molecule has 0 saturated carbocycles. The van der Waals surface area contributed by atoms with Crippen LogP contribution in [0.4, 0.5) is 0 Å². The zero-order chi connectivity index (χ0) is 10.6. The quantitative estimate of drug-likeness (QED) is 0.614. The van der Waals surface area contributed by atoms with Gasteiger partial charge in [-0.1, -0.05) is 12.2 Å². The second-order valence-electron chi connectivity index (χ2n) is 2.94. The summed E-state index contributed by atoms with van der Waals surface area (Å²) in [6, 6.07) is 0. The largest absolute Gasteiger partial charge is 0.393 e. The standard InChI is InChI=1S/C8H12N4OS/c1-5-6(4-11-12-5)3-10-8(13)2-7(9)14/h4H,2-3H2,1H3,(H2,9,14)(H,10,13)(H,11,12). The lowest BCUT2D eigenvalue weighted by atomic mass is 10.2. The van der Waals surface area contributed by atoms with Gasteiger partial charge in [0.15, 0.2) is 0 Å². The number of H-pyrrole nitrogens is 1. The normalized spacial score (nSPS) is 9.79. The molecule has 0 bridgehead atoms. The highest BCUT2D eigenvalue weighted by Gasteiger charge is 2.04. The maximum absolute atomic E-state index is 11.2. The Balaban J connectivity index is 2.38. The summed E-state index contributed by atoms with van der Waals surface area (Å²) in [5.41, 5.74) is 7.13. The van der Waals surface area contributed by atoms with Crippen molar-refractivity contribution in [2.24, 2.45) is 5.73 Å². The first-order valence-corrected chi connectivity index (χ1v) is 4.54. The zero-order valence-corrected chi connectivity index (χ0v) is 8.65. The van der Waals surface area contributed by atoms with Crippen molar-refractivity contribution in [3.05, 3.63) is 17.5 Å². The number of carbonyl (C=O) groups excluding carboxylic acids is 1. The molecular weight excluding hydrogens is 200 g/mol. The van der Waals surface area contributed by atoms with Crippen molar-refractivity contribution in [2.75, 3.05) is 0 Å². The summed E-state index contributed by atoms with van der Waals surface area (Å²) in [5, 5.41) is 9.31. The Bertz CT molecular complexity index is 347. The average molecular weight is 212 g/mol. The van der Waals surface area contributed by atoms with E-state index in [2.05, 4.69) is 27.7 Å². The number of nitrogens with two attached hydrogens (primary N) is 1. The third-order valence-corrected chi connectivity index (χ3v) is 1.89. The number of carbonyl (C=O) groups is 1. The Morgan fingerprint density at radius 2 is 2.50 bits per heavy atom. The minimum Gasteiger partial charge on any atom is -0.393 e. The molecule has 0 spiro atoms. The zero-order valence-electron chi connectivity index (χ0n) is 7.83. The molecule has 0 radical (unpaired) electrons. The Labute approximate surface area is 87.1 Å². The van der Waals surface area contributed by atoms with E-state index in [0.717, 1.165) is 11.3 Å². The predicted molar refractivity (Wildman–Crippen MR) is 56.6 cm³/mol. The van der Waals surface area contributed by atoms with Crippen LogP contribution in [0, 0.1) is 6.92 Å². The highest BCUT2D eigenvalue weighted by molar-refractivity contribution is 7.80. The third kappa shape index (κ3) is 3.14. The van der Waals surface area contributed by atoms with E-state index in [-0.39, 0.29) is 17.3 Å². The molecule has 0 unspecified atom stereocenters. The summed E-state index contributed by atoms with van der Waals surface area (Å²) in [6.07, 6.45) is 1.77. The number of hydrogen-bond donors (Lipinski definition) is 3. The number of aryl methyl sites for hydroxylation is 1. The average Bonchev–Trinajstić information content (AvgIpc) is 2.46. The van der Waals surface area contributed by atoms with Gasteiger partial charge in [0, 0.05) is 17.8 Å². The van der Waals surface area contributed by atoms with Crippen LogP contribution in [-0.4, -0.2) is 21.1 Å². The SMILES string of the molecule is Cc1[nH]ncc1CNC(=O)CC(N)=S. The van der Waals surface area contributed by atoms with Crippen molar-refractivity contribution in [3.63, 3.8) is 0 Å². The van der Waals surface area contributed by atoms with E-state index in [9.17, 15) is 4.79 Å². The molecule has 1 amide bonds. The summed E-state index contributed by atoms with van der Waals surface area (Å²) >= 11 is 4.61. The van der Waals surface area contributed by atoms with E-state index in [1.807, 2.05) is 6.92 Å². The van der Waals surface area contributed by atoms with Crippen molar-refractivity contribution in [2.45, 2.75) is 19.9 Å². The van der Waals surface area contributed by atoms with Gasteiger partial charge in [-0.15, -0.1) is 0 Å². The van der Waals surface area contributed by atoms with Crippen LogP contribution in [0.5, 0.6) is 0 Å². The molecule has 0 aliphatic rings. The van der Waals surface area contributed by atoms with Crippen molar-refractivity contribution >= 4 is 23.1 Å². The summed E-state index contributed by atoms with van der Waals surface area (Å²) < 4.78 is 0. The highest BCUT2D eigenvalue weighted by Crippen LogP contribution is 2.01. The Morgan fingerprint density at radius 1 is 1.79 bits per heavy atom. The summed E-state index contributed by atoms with van der Waals surface area (Å²) in [5.74, 6) is -0.168. The van der Waals surface area contributed by atoms with E-state index < -0.39 is 0 Å². The number of amides is 1. The topological polar surface area (TPSA) is 83.8 Å². The Morgan fingerprint density at radius 3 is 3.00 bits per heavy atom. The van der Waals surface area contributed by atoms with Crippen molar-refractivity contribution in [3.8, 4) is 0 Å². The highest BCUT2D eigenvalue weighted by atomic mass is 32.1. The molecule has 1 aromatic rings. The molecule has 4 N–H and O–H groups in total. The van der Waals surface area contributed by atoms with Gasteiger partial charge in [0.1, 0.15) is 0 Å². The van der Waals surface area contributed by atoms with E-state index in [4.69, 9.17) is 5.73 Å².